The molecule has 0 aliphatic heterocycles. The third kappa shape index (κ3) is 6.27. The number of anilines is 1. The molecule has 0 heterocycles. The molecule has 2 N–H and O–H groups in total. The molecule has 0 atom stereocenters. The van der Waals surface area contributed by atoms with Crippen molar-refractivity contribution in [2.75, 3.05) is 40.2 Å². The number of aliphatic imine (C=N–C) groups is 1. The van der Waals surface area contributed by atoms with Crippen molar-refractivity contribution in [3.05, 3.63) is 18.2 Å². The van der Waals surface area contributed by atoms with Crippen molar-refractivity contribution in [2.45, 2.75) is 19.4 Å². The van der Waals surface area contributed by atoms with Gasteiger partial charge in [-0.3, -0.25) is 4.99 Å². The molecule has 0 radical (unpaired) electrons. The Morgan fingerprint density at radius 3 is 2.27 bits per heavy atom. The molecule has 0 aliphatic rings. The van der Waals surface area contributed by atoms with Crippen molar-refractivity contribution >= 4 is 35.6 Å². The largest absolute Gasteiger partial charge is 0.493 e. The van der Waals surface area contributed by atoms with E-state index >= 15 is 0 Å². The average molecular weight is 423 g/mol. The minimum absolute atomic E-state index is 0. The fourth-order valence-electron chi connectivity index (χ4n) is 1.60. The van der Waals surface area contributed by atoms with Crippen LogP contribution in [0.15, 0.2) is 23.2 Å². The van der Waals surface area contributed by atoms with Crippen LogP contribution in [0.2, 0.25) is 0 Å². The minimum atomic E-state index is -0.269. The molecule has 0 amide bonds. The lowest BCUT2D eigenvalue weighted by atomic mass is 10.1. The van der Waals surface area contributed by atoms with Crippen LogP contribution in [-0.4, -0.2) is 46.5 Å². The zero-order valence-corrected chi connectivity index (χ0v) is 16.3. The van der Waals surface area contributed by atoms with Crippen LogP contribution in [0, 0.1) is 0 Å². The van der Waals surface area contributed by atoms with Gasteiger partial charge < -0.3 is 24.8 Å². The van der Waals surface area contributed by atoms with E-state index in [1.165, 1.54) is 0 Å². The molecule has 22 heavy (non-hydrogen) atoms. The number of nitrogens with one attached hydrogen (secondary N) is 2. The Kier molecular flexibility index (Phi) is 9.19. The molecule has 6 nitrogen and oxygen atoms in total. The van der Waals surface area contributed by atoms with Gasteiger partial charge >= 0.3 is 0 Å². The maximum absolute atomic E-state index is 5.37. The maximum Gasteiger partial charge on any atom is 0.195 e. The van der Waals surface area contributed by atoms with Crippen LogP contribution in [0.5, 0.6) is 11.5 Å². The summed E-state index contributed by atoms with van der Waals surface area (Å²) >= 11 is 0. The van der Waals surface area contributed by atoms with Gasteiger partial charge in [-0.2, -0.15) is 0 Å². The maximum atomic E-state index is 5.37. The van der Waals surface area contributed by atoms with Gasteiger partial charge in [0.05, 0.1) is 19.8 Å². The second-order valence-electron chi connectivity index (χ2n) is 5.08. The van der Waals surface area contributed by atoms with Gasteiger partial charge in [-0.1, -0.05) is 0 Å². The number of benzene rings is 1. The summed E-state index contributed by atoms with van der Waals surface area (Å²) in [6.45, 7) is 4.64. The quantitative estimate of drug-likeness (QED) is 0.419. The predicted octanol–water partition coefficient (Wildman–Crippen LogP) is 2.73. The van der Waals surface area contributed by atoms with E-state index in [4.69, 9.17) is 14.2 Å². The van der Waals surface area contributed by atoms with E-state index in [1.54, 1.807) is 28.4 Å². The first-order chi connectivity index (χ1) is 9.95. The molecule has 1 aromatic rings. The van der Waals surface area contributed by atoms with Gasteiger partial charge in [0.25, 0.3) is 0 Å². The molecule has 0 fully saturated rings. The Labute approximate surface area is 149 Å². The predicted molar refractivity (Wildman–Crippen MR) is 101 cm³/mol. The summed E-state index contributed by atoms with van der Waals surface area (Å²) < 4.78 is 15.9. The Morgan fingerprint density at radius 1 is 1.14 bits per heavy atom. The number of hydrogen-bond donors (Lipinski definition) is 2. The fraction of sp³-hybridized carbons (Fsp3) is 0.533. The monoisotopic (exact) mass is 423 g/mol. The molecule has 7 heteroatoms. The smallest absolute Gasteiger partial charge is 0.195 e. The Morgan fingerprint density at radius 2 is 1.77 bits per heavy atom. The van der Waals surface area contributed by atoms with Crippen molar-refractivity contribution in [3.63, 3.8) is 0 Å². The van der Waals surface area contributed by atoms with Gasteiger partial charge in [0.1, 0.15) is 0 Å². The minimum Gasteiger partial charge on any atom is -0.493 e. The first-order valence-corrected chi connectivity index (χ1v) is 6.70. The zero-order valence-electron chi connectivity index (χ0n) is 14.0. The van der Waals surface area contributed by atoms with Gasteiger partial charge in [0, 0.05) is 32.5 Å². The SMILES string of the molecule is CN=C(NCC(C)(C)OC)Nc1ccc(OC)c(OC)c1.I. The van der Waals surface area contributed by atoms with E-state index in [-0.39, 0.29) is 29.6 Å². The molecule has 126 valence electrons. The molecule has 0 aliphatic carbocycles. The first-order valence-electron chi connectivity index (χ1n) is 6.70. The highest BCUT2D eigenvalue weighted by Gasteiger charge is 2.16. The molecule has 0 unspecified atom stereocenters. The van der Waals surface area contributed by atoms with Crippen LogP contribution in [0.1, 0.15) is 13.8 Å². The Hall–Kier alpha value is -1.22. The highest BCUT2D eigenvalue weighted by Crippen LogP contribution is 2.29. The summed E-state index contributed by atoms with van der Waals surface area (Å²) in [7, 11) is 6.62. The molecule has 1 aromatic carbocycles. The normalized spacial score (nSPS) is 11.5. The summed E-state index contributed by atoms with van der Waals surface area (Å²) in [4.78, 5) is 4.19. The highest BCUT2D eigenvalue weighted by atomic mass is 127. The summed E-state index contributed by atoms with van der Waals surface area (Å²) in [5, 5.41) is 6.42. The van der Waals surface area contributed by atoms with E-state index in [9.17, 15) is 0 Å². The number of nitrogens with zero attached hydrogens (tertiary/aromatic N) is 1. The molecule has 0 saturated heterocycles. The third-order valence-electron chi connectivity index (χ3n) is 3.10. The lowest BCUT2D eigenvalue weighted by Crippen LogP contribution is -2.42. The molecule has 0 bridgehead atoms. The van der Waals surface area contributed by atoms with Crippen molar-refractivity contribution in [1.82, 2.24) is 5.32 Å². The van der Waals surface area contributed by atoms with E-state index < -0.39 is 0 Å². The summed E-state index contributed by atoms with van der Waals surface area (Å²) in [6.07, 6.45) is 0. The van der Waals surface area contributed by atoms with Crippen LogP contribution in [0.25, 0.3) is 0 Å². The standard InChI is InChI=1S/C15H25N3O3.HI/c1-15(2,21-6)10-17-14(16-3)18-11-7-8-12(19-4)13(9-11)20-5;/h7-9H,10H2,1-6H3,(H2,16,17,18);1H. The van der Waals surface area contributed by atoms with Crippen LogP contribution in [-0.2, 0) is 4.74 Å². The summed E-state index contributed by atoms with van der Waals surface area (Å²) in [6, 6.07) is 5.59. The lowest BCUT2D eigenvalue weighted by Gasteiger charge is -2.24. The average Bonchev–Trinajstić information content (AvgIpc) is 2.51. The van der Waals surface area contributed by atoms with E-state index in [2.05, 4.69) is 15.6 Å². The van der Waals surface area contributed by atoms with Crippen LogP contribution >= 0.6 is 24.0 Å². The highest BCUT2D eigenvalue weighted by molar-refractivity contribution is 14.0. The molecule has 0 spiro atoms. The van der Waals surface area contributed by atoms with Crippen molar-refractivity contribution < 1.29 is 14.2 Å². The molecule has 0 saturated carbocycles. The van der Waals surface area contributed by atoms with E-state index in [1.807, 2.05) is 32.0 Å². The topological polar surface area (TPSA) is 64.1 Å². The number of ether oxygens (including phenoxy) is 3. The van der Waals surface area contributed by atoms with Gasteiger partial charge in [0.15, 0.2) is 17.5 Å². The van der Waals surface area contributed by atoms with E-state index in [0.717, 1.165) is 5.69 Å². The molecule has 1 rings (SSSR count). The number of rotatable bonds is 6. The van der Waals surface area contributed by atoms with Gasteiger partial charge in [-0.05, 0) is 26.0 Å². The van der Waals surface area contributed by atoms with Crippen LogP contribution in [0.4, 0.5) is 5.69 Å². The zero-order chi connectivity index (χ0) is 15.9. The summed E-state index contributed by atoms with van der Waals surface area (Å²) in [5.74, 6) is 2.01. The first kappa shape index (κ1) is 20.8. The Bertz CT molecular complexity index is 493. The fourth-order valence-corrected chi connectivity index (χ4v) is 1.60. The number of guanidine groups is 1. The van der Waals surface area contributed by atoms with Crippen LogP contribution in [0.3, 0.4) is 0 Å². The van der Waals surface area contributed by atoms with Crippen molar-refractivity contribution in [3.8, 4) is 11.5 Å². The second kappa shape index (κ2) is 9.73. The number of hydrogen-bond acceptors (Lipinski definition) is 4. The van der Waals surface area contributed by atoms with Crippen molar-refractivity contribution in [1.29, 1.82) is 0 Å². The Balaban J connectivity index is 0.00000441. The van der Waals surface area contributed by atoms with Gasteiger partial charge in [-0.15, -0.1) is 24.0 Å². The molecular weight excluding hydrogens is 397 g/mol. The second-order valence-corrected chi connectivity index (χ2v) is 5.08. The van der Waals surface area contributed by atoms with Crippen LogP contribution < -0.4 is 20.1 Å². The molecular formula is C15H26IN3O3. The third-order valence-corrected chi connectivity index (χ3v) is 3.10. The molecule has 0 aromatic heterocycles. The number of halogens is 1. The number of methoxy groups -OCH3 is 3. The van der Waals surface area contributed by atoms with Gasteiger partial charge in [0.2, 0.25) is 0 Å². The van der Waals surface area contributed by atoms with E-state index in [0.29, 0.717) is 24.0 Å². The van der Waals surface area contributed by atoms with Crippen molar-refractivity contribution in [2.24, 2.45) is 4.99 Å². The summed E-state index contributed by atoms with van der Waals surface area (Å²) in [5.41, 5.74) is 0.589. The van der Waals surface area contributed by atoms with Gasteiger partial charge in [-0.25, -0.2) is 0 Å². The lowest BCUT2D eigenvalue weighted by molar-refractivity contribution is 0.0270.